The third-order valence-electron chi connectivity index (χ3n) is 15.6. The highest BCUT2D eigenvalue weighted by molar-refractivity contribution is 5.75. The third kappa shape index (κ3) is 16.9. The summed E-state index contributed by atoms with van der Waals surface area (Å²) in [6, 6.07) is -6.60. The number of aliphatic carboxylic acids is 1. The van der Waals surface area contributed by atoms with Gasteiger partial charge in [-0.05, 0) is 0 Å². The van der Waals surface area contributed by atoms with E-state index in [0.29, 0.717) is 0 Å². The van der Waals surface area contributed by atoms with Crippen LogP contribution in [0.1, 0.15) is 27.2 Å². The molecule has 32 atom stereocenters. The minimum absolute atomic E-state index is 0.239. The summed E-state index contributed by atoms with van der Waals surface area (Å²) in [5, 5.41) is 219. The SMILES string of the molecule is CC(=O)N[C@H]1[C@H](O[C@@H]2[C@H](O[C@@H]3O[C@H](CO)[C@@H](O)[C@H](O[C@@H]4O[C@H](CO)[C@H](O)[C@H](O[C@]5(C(=O)[O-])C[C@H](O)[C@@H](NC(C)=O)[C@H]([C@H](O)[C@H](O)CO)O5)[C@H]4O)[C@H]3NC(C)=O)[C@@H](O)[C@H](O[C@H]3[C@H](O)[C@@H](O)[C@H](OC[C@@H](CO)NC=O)O[C@@H]3CO)O[C@@H]2CO)O[C@H](CO)[C@H](O)[C@@H]1O. The highest BCUT2D eigenvalue weighted by Gasteiger charge is 2.61. The van der Waals surface area contributed by atoms with Crippen LogP contribution < -0.4 is 26.4 Å². The molecule has 6 heterocycles. The molecule has 6 aliphatic rings. The summed E-state index contributed by atoms with van der Waals surface area (Å²) in [5.74, 6) is -8.51. The second kappa shape index (κ2) is 32.8. The van der Waals surface area contributed by atoms with E-state index in [0.717, 1.165) is 20.8 Å². The Bertz CT molecular complexity index is 2270. The molecule has 0 radical (unpaired) electrons. The van der Waals surface area contributed by atoms with Gasteiger partial charge in [-0.15, -0.1) is 0 Å². The lowest BCUT2D eigenvalue weighted by molar-refractivity contribution is -0.412. The van der Waals surface area contributed by atoms with Gasteiger partial charge in [-0.1, -0.05) is 0 Å². The number of aliphatic hydroxyl groups excluding tert-OH is 18. The van der Waals surface area contributed by atoms with Gasteiger partial charge in [-0.25, -0.2) is 0 Å². The monoisotopic (exact) mass is 1300 g/mol. The van der Waals surface area contributed by atoms with Crippen LogP contribution in [-0.4, -0.2) is 371 Å². The van der Waals surface area contributed by atoms with Crippen molar-refractivity contribution in [1.82, 2.24) is 21.3 Å². The van der Waals surface area contributed by atoms with Gasteiger partial charge in [0.2, 0.25) is 29.9 Å². The average Bonchev–Trinajstić information content (AvgIpc) is 0.838. The Morgan fingerprint density at radius 2 is 0.966 bits per heavy atom. The Morgan fingerprint density at radius 3 is 1.49 bits per heavy atom. The summed E-state index contributed by atoms with van der Waals surface area (Å²) >= 11 is 0. The normalized spacial score (nSPS) is 43.8. The number of ether oxygens (including phenoxy) is 12. The molecule has 0 aliphatic carbocycles. The number of amides is 4. The Kier molecular flexibility index (Phi) is 27.4. The molecular formula is C49H81N4O36-. The highest BCUT2D eigenvalue weighted by Crippen LogP contribution is 2.40. The molecule has 89 heavy (non-hydrogen) atoms. The van der Waals surface area contributed by atoms with Crippen LogP contribution in [0.3, 0.4) is 0 Å². The minimum Gasteiger partial charge on any atom is -0.544 e. The summed E-state index contributed by atoms with van der Waals surface area (Å²) < 4.78 is 70.3. The van der Waals surface area contributed by atoms with Gasteiger partial charge in [0.15, 0.2) is 31.5 Å². The first kappa shape index (κ1) is 74.2. The maximum absolute atomic E-state index is 13.2. The minimum atomic E-state index is -3.39. The van der Waals surface area contributed by atoms with Crippen LogP contribution in [-0.2, 0) is 80.8 Å². The number of carboxylic acid groups (broad SMARTS) is 1. The van der Waals surface area contributed by atoms with E-state index in [4.69, 9.17) is 56.8 Å². The fourth-order valence-corrected chi connectivity index (χ4v) is 11.0. The van der Waals surface area contributed by atoms with E-state index in [1.165, 1.54) is 0 Å². The lowest BCUT2D eigenvalue weighted by Crippen LogP contribution is -2.73. The molecule has 22 N–H and O–H groups in total. The zero-order valence-corrected chi connectivity index (χ0v) is 47.7. The van der Waals surface area contributed by atoms with Crippen molar-refractivity contribution in [3.63, 3.8) is 0 Å². The lowest BCUT2D eigenvalue weighted by atomic mass is 9.88. The first-order chi connectivity index (χ1) is 42.1. The lowest BCUT2D eigenvalue weighted by Gasteiger charge is -2.53. The van der Waals surface area contributed by atoms with Crippen LogP contribution in [0.2, 0.25) is 0 Å². The van der Waals surface area contributed by atoms with Crippen LogP contribution in [0, 0.1) is 0 Å². The van der Waals surface area contributed by atoms with E-state index in [1.807, 2.05) is 0 Å². The number of nitrogens with one attached hydrogen (secondary N) is 4. The van der Waals surface area contributed by atoms with Crippen molar-refractivity contribution in [3.8, 4) is 0 Å². The van der Waals surface area contributed by atoms with E-state index >= 15 is 0 Å². The molecule has 6 saturated heterocycles. The van der Waals surface area contributed by atoms with Gasteiger partial charge in [0.25, 0.3) is 0 Å². The predicted octanol–water partition coefficient (Wildman–Crippen LogP) is -16.7. The number of hydrogen-bond donors (Lipinski definition) is 22. The van der Waals surface area contributed by atoms with Gasteiger partial charge in [0.05, 0.1) is 71.0 Å². The van der Waals surface area contributed by atoms with Gasteiger partial charge >= 0.3 is 0 Å². The second-order valence-corrected chi connectivity index (χ2v) is 21.8. The molecule has 0 saturated carbocycles. The molecule has 0 aromatic heterocycles. The molecule has 0 aromatic carbocycles. The number of carboxylic acids is 1. The van der Waals surface area contributed by atoms with Gasteiger partial charge in [-0.3, -0.25) is 19.2 Å². The topological polar surface area (TPSA) is 631 Å². The summed E-state index contributed by atoms with van der Waals surface area (Å²) in [6.45, 7) is -5.15. The Balaban J connectivity index is 1.39. The zero-order valence-electron chi connectivity index (χ0n) is 47.7. The van der Waals surface area contributed by atoms with E-state index in [2.05, 4.69) is 21.3 Å². The molecule has 40 nitrogen and oxygen atoms in total. The second-order valence-electron chi connectivity index (χ2n) is 21.8. The van der Waals surface area contributed by atoms with E-state index in [9.17, 15) is 121 Å². The van der Waals surface area contributed by atoms with Gasteiger partial charge < -0.3 is 180 Å². The van der Waals surface area contributed by atoms with Crippen LogP contribution in [0.5, 0.6) is 0 Å². The molecule has 4 amide bonds. The molecule has 0 bridgehead atoms. The van der Waals surface area contributed by atoms with E-state index in [1.54, 1.807) is 0 Å². The van der Waals surface area contributed by atoms with Crippen molar-refractivity contribution >= 4 is 30.1 Å². The molecule has 0 unspecified atom stereocenters. The molecule has 40 heteroatoms. The Morgan fingerprint density at radius 1 is 0.517 bits per heavy atom. The molecule has 0 spiro atoms. The fraction of sp³-hybridized carbons (Fsp3) is 0.898. The largest absolute Gasteiger partial charge is 0.544 e. The molecule has 6 rings (SSSR count). The number of aliphatic hydroxyl groups is 18. The number of hydrogen-bond acceptors (Lipinski definition) is 36. The van der Waals surface area contributed by atoms with Crippen molar-refractivity contribution in [2.75, 3.05) is 52.9 Å². The number of carbonyl (C=O) groups is 5. The van der Waals surface area contributed by atoms with E-state index in [-0.39, 0.29) is 6.41 Å². The number of carbonyl (C=O) groups excluding carboxylic acids is 5. The van der Waals surface area contributed by atoms with Crippen molar-refractivity contribution < 1.29 is 178 Å². The van der Waals surface area contributed by atoms with Gasteiger partial charge in [-0.2, -0.15) is 0 Å². The van der Waals surface area contributed by atoms with Crippen LogP contribution in [0.15, 0.2) is 0 Å². The van der Waals surface area contributed by atoms with Gasteiger partial charge in [0.1, 0.15) is 146 Å². The zero-order chi connectivity index (χ0) is 66.1. The molecule has 514 valence electrons. The van der Waals surface area contributed by atoms with Crippen molar-refractivity contribution in [3.05, 3.63) is 0 Å². The standard InChI is InChI=1S/C49H82N4O36/c1-14(62)51-25-18(65)4-49(48(76)77,88-40(25)28(67)19(66)6-55)89-41-31(70)22(9-58)81-46(35(41)74)86-39-27(53-16(3)64)44(80-21(8-57)30(39)69)87-42-36(75)47(84-37-23(10-59)82-45(34(73)33(37)72)78-12-17(5-54)50-13-61)83-24(11-60)38(42)85-43-26(52-15(2)63)32(71)29(68)20(7-56)79-43/h13,17-47,54-60,65-75H,4-12H2,1-3H3,(H,50,61)(H,51,62)(H,52,63)(H,53,64)(H,76,77)/p-1/t17-,18+,19-,20-,21-,22-,23-,24-,25-,26-,27-,28-,29+,30-,31+,32-,33-,34-,35-,36-,37-,38+,39-,40-,41+,42-,43+,44+,45-,46+,47+,49+/m1/s1. The number of rotatable bonds is 28. The highest BCUT2D eigenvalue weighted by atomic mass is 16.8. The summed E-state index contributed by atoms with van der Waals surface area (Å²) in [4.78, 5) is 61.9. The molecular weight excluding hydrogens is 1220 g/mol. The Labute approximate surface area is 504 Å². The third-order valence-corrected chi connectivity index (χ3v) is 15.6. The first-order valence-electron chi connectivity index (χ1n) is 27.9. The molecule has 6 aliphatic heterocycles. The van der Waals surface area contributed by atoms with Crippen LogP contribution >= 0.6 is 0 Å². The predicted molar refractivity (Wildman–Crippen MR) is 272 cm³/mol. The van der Waals surface area contributed by atoms with Crippen molar-refractivity contribution in [1.29, 1.82) is 0 Å². The quantitative estimate of drug-likeness (QED) is 0.0324. The maximum Gasteiger partial charge on any atom is 0.217 e. The van der Waals surface area contributed by atoms with E-state index < -0.39 is 279 Å². The van der Waals surface area contributed by atoms with Gasteiger partial charge in [0, 0.05) is 27.2 Å². The maximum atomic E-state index is 13.2. The Hall–Kier alpha value is -3.85. The van der Waals surface area contributed by atoms with Crippen molar-refractivity contribution in [2.45, 2.75) is 223 Å². The van der Waals surface area contributed by atoms with Crippen LogP contribution in [0.25, 0.3) is 0 Å². The van der Waals surface area contributed by atoms with Crippen LogP contribution in [0.4, 0.5) is 0 Å². The summed E-state index contributed by atoms with van der Waals surface area (Å²) in [7, 11) is 0. The smallest absolute Gasteiger partial charge is 0.217 e. The summed E-state index contributed by atoms with van der Waals surface area (Å²) in [6.07, 6.45) is -58.2. The molecule has 6 fully saturated rings. The fourth-order valence-electron chi connectivity index (χ4n) is 11.0. The van der Waals surface area contributed by atoms with Crippen molar-refractivity contribution in [2.24, 2.45) is 0 Å². The molecule has 0 aromatic rings. The summed E-state index contributed by atoms with van der Waals surface area (Å²) in [5.41, 5.74) is 0. The average molecular weight is 1300 g/mol. The first-order valence-corrected chi connectivity index (χ1v) is 27.9.